The minimum absolute atomic E-state index is 0.0803. The monoisotopic (exact) mass is 1380 g/mol. The van der Waals surface area contributed by atoms with Crippen molar-refractivity contribution in [1.82, 2.24) is 4.90 Å². The molecule has 3 aliphatic rings. The van der Waals surface area contributed by atoms with E-state index in [-0.39, 0.29) is 65.3 Å². The van der Waals surface area contributed by atoms with E-state index in [0.717, 1.165) is 135 Å². The van der Waals surface area contributed by atoms with Crippen molar-refractivity contribution in [3.05, 3.63) is 164 Å². The molecule has 1 aliphatic carbocycles. The molecule has 0 atom stereocenters. The number of unbranched alkanes of at least 4 members (excludes halogenated alkanes) is 6. The first-order chi connectivity index (χ1) is 41.5. The van der Waals surface area contributed by atoms with Crippen LogP contribution in [0.3, 0.4) is 0 Å². The molecule has 0 spiro atoms. The molecule has 4 amide bonds. The third-order valence-corrected chi connectivity index (χ3v) is 24.8. The Morgan fingerprint density at radius 3 is 1.41 bits per heavy atom. The molecule has 6 heterocycles. The highest BCUT2D eigenvalue weighted by Crippen LogP contribution is 2.66. The van der Waals surface area contributed by atoms with Crippen molar-refractivity contribution >= 4 is 167 Å². The Balaban J connectivity index is 0.798. The SMILES string of the molecule is CCCCCCC(CCCCCC)N1C(=O)c2ccc3c4ccc5c6c(ccc(c7ccc(c2c37)C1=O)c64)C(=O)N(c1ccc(C(=O)c2sc(-c3cc(C4=C(c6cc(-c7ccc(C)s7)sc6C)C(F)(F)C(F)(F)C4(F)F)c(C)s3)c(Br)c2Br)cc1)C5=O. The van der Waals surface area contributed by atoms with Gasteiger partial charge in [-0.15, -0.1) is 45.3 Å². The summed E-state index contributed by atoms with van der Waals surface area (Å²) < 4.78 is 96.2. The van der Waals surface area contributed by atoms with E-state index in [2.05, 4.69) is 45.7 Å². The molecule has 6 aromatic carbocycles. The standard InChI is InChI=1S/C68H52Br2F6N2O5S4/c1-6-8-10-12-14-36(15-13-11-9-7-2)77-62(80)42-25-21-38-40-23-27-44-54-45(28-24-41(52(40)54)39-22-26-43(63(77)81)53(42)51(38)39)65(83)78(64(44)82)37-19-17-35(18-20-37)59(79)61-58(70)57(69)60(87-61)50-31-47(34(5)86-50)56-55(66(71,72)68(75,76)67(56,73)74)46-30-49(85-33(46)4)48-29-16-32(3)84-48/h16-31,36H,6-15H2,1-5H3. The van der Waals surface area contributed by atoms with Gasteiger partial charge in [-0.3, -0.25) is 28.9 Å². The summed E-state index contributed by atoms with van der Waals surface area (Å²) in [6.45, 7) is 9.02. The predicted molar refractivity (Wildman–Crippen MR) is 347 cm³/mol. The highest BCUT2D eigenvalue weighted by molar-refractivity contribution is 9.13. The summed E-state index contributed by atoms with van der Waals surface area (Å²) in [7, 11) is 0. The van der Waals surface area contributed by atoms with Gasteiger partial charge in [0, 0.05) is 85.0 Å². The highest BCUT2D eigenvalue weighted by atomic mass is 79.9. The maximum absolute atomic E-state index is 16.2. The van der Waals surface area contributed by atoms with Crippen LogP contribution in [0.15, 0.2) is 106 Å². The van der Waals surface area contributed by atoms with Crippen LogP contribution in [0.2, 0.25) is 0 Å². The van der Waals surface area contributed by atoms with E-state index in [0.29, 0.717) is 50.9 Å². The number of amides is 4. The lowest BCUT2D eigenvalue weighted by molar-refractivity contribution is -0.254. The molecule has 0 unspecified atom stereocenters. The van der Waals surface area contributed by atoms with Crippen molar-refractivity contribution in [3.8, 4) is 19.5 Å². The van der Waals surface area contributed by atoms with Gasteiger partial charge in [0.2, 0.25) is 5.78 Å². The van der Waals surface area contributed by atoms with E-state index in [9.17, 15) is 24.0 Å². The Morgan fingerprint density at radius 2 is 0.954 bits per heavy atom. The highest BCUT2D eigenvalue weighted by Gasteiger charge is 2.80. The Bertz CT molecular complexity index is 4500. The molecule has 87 heavy (non-hydrogen) atoms. The molecule has 444 valence electrons. The fraction of sp³-hybridized carbons (Fsp3) is 0.279. The number of fused-ring (bicyclic) bond motifs is 2. The van der Waals surface area contributed by atoms with E-state index in [1.54, 1.807) is 18.2 Å². The third kappa shape index (κ3) is 9.03. The Morgan fingerprint density at radius 1 is 0.494 bits per heavy atom. The largest absolute Gasteiger partial charge is 0.380 e. The van der Waals surface area contributed by atoms with Crippen LogP contribution in [0, 0.1) is 20.8 Å². The number of hydrogen-bond acceptors (Lipinski definition) is 9. The minimum atomic E-state index is -5.75. The first-order valence-electron chi connectivity index (χ1n) is 28.8. The lowest BCUT2D eigenvalue weighted by Crippen LogP contribution is -2.48. The molecule has 0 radical (unpaired) electrons. The van der Waals surface area contributed by atoms with Gasteiger partial charge in [-0.2, -0.15) is 26.3 Å². The molecular weight excluding hydrogens is 1330 g/mol. The number of carbonyl (C=O) groups is 5. The van der Waals surface area contributed by atoms with E-state index < -0.39 is 52.1 Å². The van der Waals surface area contributed by atoms with Crippen molar-refractivity contribution in [1.29, 1.82) is 0 Å². The van der Waals surface area contributed by atoms with Crippen molar-refractivity contribution < 1.29 is 50.3 Å². The van der Waals surface area contributed by atoms with Gasteiger partial charge >= 0.3 is 17.8 Å². The van der Waals surface area contributed by atoms with Gasteiger partial charge in [0.25, 0.3) is 23.6 Å². The number of halogens is 8. The molecule has 2 aliphatic heterocycles. The number of nitrogens with zero attached hydrogens (tertiary/aromatic N) is 2. The maximum atomic E-state index is 16.2. The fourth-order valence-corrected chi connectivity index (χ4v) is 19.0. The number of imide groups is 2. The van der Waals surface area contributed by atoms with Crippen molar-refractivity contribution in [2.45, 2.75) is 123 Å². The van der Waals surface area contributed by atoms with Gasteiger partial charge in [0.1, 0.15) is 0 Å². The van der Waals surface area contributed by atoms with Crippen LogP contribution >= 0.6 is 77.2 Å². The van der Waals surface area contributed by atoms with Gasteiger partial charge in [-0.05, 0) is 182 Å². The number of thiophene rings is 4. The van der Waals surface area contributed by atoms with Crippen LogP contribution in [0.5, 0.6) is 0 Å². The summed E-state index contributed by atoms with van der Waals surface area (Å²) in [6, 6.07) is 26.3. The van der Waals surface area contributed by atoms with Gasteiger partial charge in [0.05, 0.1) is 24.4 Å². The molecule has 0 fully saturated rings. The normalized spacial score (nSPS) is 16.3. The summed E-state index contributed by atoms with van der Waals surface area (Å²) in [4.78, 5) is 78.9. The van der Waals surface area contributed by atoms with Crippen LogP contribution in [0.25, 0.3) is 73.7 Å². The number of aryl methyl sites for hydroxylation is 3. The van der Waals surface area contributed by atoms with E-state index in [4.69, 9.17) is 0 Å². The van der Waals surface area contributed by atoms with Crippen molar-refractivity contribution in [2.75, 3.05) is 4.90 Å². The molecule has 13 rings (SSSR count). The lowest BCUT2D eigenvalue weighted by atomic mass is 9.82. The molecule has 10 aromatic rings. The van der Waals surface area contributed by atoms with E-state index in [1.165, 1.54) is 66.5 Å². The third-order valence-electron chi connectivity index (χ3n) is 17.5. The zero-order valence-electron chi connectivity index (χ0n) is 47.5. The second-order valence-corrected chi connectivity index (χ2v) is 29.1. The van der Waals surface area contributed by atoms with E-state index >= 15 is 26.3 Å². The van der Waals surface area contributed by atoms with Crippen LogP contribution in [0.4, 0.5) is 32.0 Å². The van der Waals surface area contributed by atoms with Crippen LogP contribution in [0.1, 0.15) is 160 Å². The molecule has 4 aromatic heterocycles. The number of ketones is 1. The van der Waals surface area contributed by atoms with Crippen molar-refractivity contribution in [3.63, 3.8) is 0 Å². The van der Waals surface area contributed by atoms with Crippen LogP contribution < -0.4 is 4.90 Å². The maximum Gasteiger partial charge on any atom is 0.380 e. The lowest BCUT2D eigenvalue weighted by Gasteiger charge is -2.35. The van der Waals surface area contributed by atoms with E-state index in [1.807, 2.05) is 49.4 Å². The Kier molecular flexibility index (Phi) is 15.1. The molecule has 0 saturated heterocycles. The summed E-state index contributed by atoms with van der Waals surface area (Å²) in [5.74, 6) is -18.5. The molecule has 19 heteroatoms. The number of hydrogen-bond donors (Lipinski definition) is 0. The number of alkyl halides is 6. The quantitative estimate of drug-likeness (QED) is 0.0213. The first kappa shape index (κ1) is 59.6. The number of allylic oxidation sites excluding steroid dienone is 2. The number of carbonyl (C=O) groups excluding carboxylic acids is 5. The van der Waals surface area contributed by atoms with Crippen LogP contribution in [-0.2, 0) is 0 Å². The number of anilines is 1. The molecule has 0 N–H and O–H groups in total. The van der Waals surface area contributed by atoms with Gasteiger partial charge in [-0.25, -0.2) is 4.90 Å². The molecular formula is C68H52Br2F6N2O5S4. The summed E-state index contributed by atoms with van der Waals surface area (Å²) in [5.41, 5.74) is -1.86. The number of rotatable bonds is 18. The second-order valence-electron chi connectivity index (χ2n) is 22.7. The predicted octanol–water partition coefficient (Wildman–Crippen LogP) is 21.5. The number of benzene rings is 6. The average molecular weight is 1380 g/mol. The summed E-state index contributed by atoms with van der Waals surface area (Å²) in [6.07, 6.45) is 9.82. The minimum Gasteiger partial charge on any atom is -0.288 e. The van der Waals surface area contributed by atoms with Gasteiger partial charge < -0.3 is 0 Å². The molecule has 7 nitrogen and oxygen atoms in total. The molecule has 0 saturated carbocycles. The Labute approximate surface area is 529 Å². The zero-order valence-corrected chi connectivity index (χ0v) is 53.9. The second kappa shape index (κ2) is 22.0. The fourth-order valence-electron chi connectivity index (χ4n) is 13.2. The topological polar surface area (TPSA) is 91.8 Å². The summed E-state index contributed by atoms with van der Waals surface area (Å²) in [5, 5.41) is 5.64. The summed E-state index contributed by atoms with van der Waals surface area (Å²) >= 11 is 11.4. The van der Waals surface area contributed by atoms with Crippen LogP contribution in [-0.4, -0.2) is 58.1 Å². The zero-order chi connectivity index (χ0) is 61.5. The Hall–Kier alpha value is -6.35. The van der Waals surface area contributed by atoms with Crippen molar-refractivity contribution in [2.24, 2.45) is 0 Å². The smallest absolute Gasteiger partial charge is 0.288 e. The van der Waals surface area contributed by atoms with Gasteiger partial charge in [0.15, 0.2) is 0 Å². The van der Waals surface area contributed by atoms with Gasteiger partial charge in [-0.1, -0.05) is 89.5 Å². The molecule has 0 bridgehead atoms. The first-order valence-corrected chi connectivity index (χ1v) is 33.7. The average Bonchev–Trinajstić information content (AvgIpc) is 1.47.